The molecule has 0 aliphatic carbocycles. The van der Waals surface area contributed by atoms with Crippen LogP contribution >= 0.6 is 0 Å². The summed E-state index contributed by atoms with van der Waals surface area (Å²) in [6, 6.07) is 17.5. The summed E-state index contributed by atoms with van der Waals surface area (Å²) in [7, 11) is 1.49. The molecule has 0 radical (unpaired) electrons. The first-order valence-electron chi connectivity index (χ1n) is 9.32. The first kappa shape index (κ1) is 21.5. The summed E-state index contributed by atoms with van der Waals surface area (Å²) < 4.78 is 19.1. The van der Waals surface area contributed by atoms with Crippen LogP contribution in [-0.4, -0.2) is 25.5 Å². The van der Waals surface area contributed by atoms with Gasteiger partial charge in [-0.1, -0.05) is 18.2 Å². The fraction of sp³-hybridized carbons (Fsp3) is 0.0870. The molecule has 0 bridgehead atoms. The van der Waals surface area contributed by atoms with Gasteiger partial charge in [0.05, 0.1) is 5.69 Å². The third-order valence-electron chi connectivity index (χ3n) is 4.47. The van der Waals surface area contributed by atoms with Gasteiger partial charge >= 0.3 is 12.1 Å². The minimum Gasteiger partial charge on any atom is -0.457 e. The number of hydrogen-bond acceptors (Lipinski definition) is 4. The Kier molecular flexibility index (Phi) is 6.61. The van der Waals surface area contributed by atoms with E-state index >= 15 is 0 Å². The molecular weight excluding hydrogens is 401 g/mol. The van der Waals surface area contributed by atoms with Crippen molar-refractivity contribution < 1.29 is 23.5 Å². The van der Waals surface area contributed by atoms with E-state index in [1.54, 1.807) is 18.2 Å². The van der Waals surface area contributed by atoms with Gasteiger partial charge in [-0.05, 0) is 67.1 Å². The largest absolute Gasteiger partial charge is 0.457 e. The van der Waals surface area contributed by atoms with E-state index in [0.29, 0.717) is 17.2 Å². The third-order valence-corrected chi connectivity index (χ3v) is 4.47. The maximum atomic E-state index is 13.3. The fourth-order valence-corrected chi connectivity index (χ4v) is 2.85. The number of urea groups is 2. The smallest absolute Gasteiger partial charge is 0.337 e. The maximum Gasteiger partial charge on any atom is 0.337 e. The standard InChI is InChI=1S/C23H20FN3O4/c1-16-14-19(12-13-21(16)31-20-6-4-3-5-7-20)26(2)23(30)27(22(29)25-15-28)18-10-8-17(24)9-11-18/h3-15H,1-2H3,(H,25,28,29). The molecule has 158 valence electrons. The van der Waals surface area contributed by atoms with E-state index in [-0.39, 0.29) is 12.1 Å². The van der Waals surface area contributed by atoms with Gasteiger partial charge < -0.3 is 4.74 Å². The Hall–Kier alpha value is -4.20. The van der Waals surface area contributed by atoms with Gasteiger partial charge in [0, 0.05) is 12.7 Å². The zero-order valence-electron chi connectivity index (χ0n) is 16.9. The van der Waals surface area contributed by atoms with E-state index in [1.165, 1.54) is 24.1 Å². The van der Waals surface area contributed by atoms with E-state index in [1.807, 2.05) is 42.6 Å². The number of rotatable bonds is 5. The van der Waals surface area contributed by atoms with E-state index in [0.717, 1.165) is 22.6 Å². The number of imide groups is 2. The number of nitrogens with one attached hydrogen (secondary N) is 1. The van der Waals surface area contributed by atoms with E-state index in [9.17, 15) is 18.8 Å². The Labute approximate surface area is 178 Å². The highest BCUT2D eigenvalue weighted by Gasteiger charge is 2.27. The Morgan fingerprint density at radius 1 is 0.968 bits per heavy atom. The van der Waals surface area contributed by atoms with Crippen LogP contribution in [0.15, 0.2) is 72.8 Å². The van der Waals surface area contributed by atoms with Gasteiger partial charge in [-0.3, -0.25) is 15.0 Å². The van der Waals surface area contributed by atoms with Crippen LogP contribution in [-0.2, 0) is 4.79 Å². The molecule has 0 aliphatic heterocycles. The maximum absolute atomic E-state index is 13.3. The minimum atomic E-state index is -0.959. The van der Waals surface area contributed by atoms with Crippen LogP contribution in [0.25, 0.3) is 0 Å². The number of anilines is 2. The van der Waals surface area contributed by atoms with Gasteiger partial charge in [0.25, 0.3) is 0 Å². The molecule has 0 heterocycles. The van der Waals surface area contributed by atoms with Crippen LogP contribution in [0.4, 0.5) is 25.4 Å². The van der Waals surface area contributed by atoms with Gasteiger partial charge in [-0.2, -0.15) is 0 Å². The number of ether oxygens (including phenoxy) is 1. The highest BCUT2D eigenvalue weighted by atomic mass is 19.1. The van der Waals surface area contributed by atoms with Gasteiger partial charge in [0.1, 0.15) is 17.3 Å². The molecule has 0 fully saturated rings. The summed E-state index contributed by atoms with van der Waals surface area (Å²) in [5.74, 6) is 0.769. The van der Waals surface area contributed by atoms with Gasteiger partial charge in [-0.25, -0.2) is 18.9 Å². The number of benzene rings is 3. The predicted molar refractivity (Wildman–Crippen MR) is 115 cm³/mol. The summed E-state index contributed by atoms with van der Waals surface area (Å²) in [6.45, 7) is 1.83. The molecule has 7 nitrogen and oxygen atoms in total. The second-order valence-corrected chi connectivity index (χ2v) is 6.59. The fourth-order valence-electron chi connectivity index (χ4n) is 2.85. The summed E-state index contributed by atoms with van der Waals surface area (Å²) in [4.78, 5) is 38.2. The van der Waals surface area contributed by atoms with Crippen molar-refractivity contribution in [3.05, 3.63) is 84.2 Å². The molecule has 0 aliphatic rings. The number of amides is 5. The lowest BCUT2D eigenvalue weighted by Crippen LogP contribution is -2.49. The van der Waals surface area contributed by atoms with Gasteiger partial charge in [-0.15, -0.1) is 0 Å². The van der Waals surface area contributed by atoms with Crippen molar-refractivity contribution in [1.29, 1.82) is 0 Å². The lowest BCUT2D eigenvalue weighted by molar-refractivity contribution is -0.108. The molecule has 5 amide bonds. The Bertz CT molecular complexity index is 1090. The van der Waals surface area contributed by atoms with Crippen molar-refractivity contribution >= 4 is 29.8 Å². The number of hydrogen-bond donors (Lipinski definition) is 1. The number of nitrogens with zero attached hydrogens (tertiary/aromatic N) is 2. The molecule has 31 heavy (non-hydrogen) atoms. The number of carbonyl (C=O) groups is 3. The number of halogens is 1. The highest BCUT2D eigenvalue weighted by Crippen LogP contribution is 2.29. The molecule has 3 aromatic carbocycles. The topological polar surface area (TPSA) is 79.0 Å². The number of aryl methyl sites for hydroxylation is 1. The van der Waals surface area contributed by atoms with Crippen molar-refractivity contribution in [2.75, 3.05) is 16.8 Å². The van der Waals surface area contributed by atoms with Crippen LogP contribution in [0.2, 0.25) is 0 Å². The predicted octanol–water partition coefficient (Wildman–Crippen LogP) is 4.86. The minimum absolute atomic E-state index is 0.110. The quantitative estimate of drug-likeness (QED) is 0.597. The summed E-state index contributed by atoms with van der Waals surface area (Å²) in [5, 5.41) is 1.94. The molecular formula is C23H20FN3O4. The van der Waals surface area contributed by atoms with E-state index in [2.05, 4.69) is 0 Å². The Balaban J connectivity index is 1.86. The first-order valence-corrected chi connectivity index (χ1v) is 9.32. The van der Waals surface area contributed by atoms with Gasteiger partial charge in [0.2, 0.25) is 6.41 Å². The van der Waals surface area contributed by atoms with E-state index < -0.39 is 17.9 Å². The monoisotopic (exact) mass is 421 g/mol. The molecule has 0 unspecified atom stereocenters. The molecule has 1 N–H and O–H groups in total. The van der Waals surface area contributed by atoms with Crippen molar-refractivity contribution in [3.8, 4) is 11.5 Å². The van der Waals surface area contributed by atoms with Crippen LogP contribution in [0, 0.1) is 12.7 Å². The van der Waals surface area contributed by atoms with Crippen LogP contribution in [0.5, 0.6) is 11.5 Å². The summed E-state index contributed by atoms with van der Waals surface area (Å²) in [5.41, 5.74) is 1.37. The van der Waals surface area contributed by atoms with Crippen molar-refractivity contribution in [2.24, 2.45) is 0 Å². The number of para-hydroxylation sites is 1. The van der Waals surface area contributed by atoms with Crippen LogP contribution in [0.1, 0.15) is 5.56 Å². The Morgan fingerprint density at radius 3 is 2.23 bits per heavy atom. The average Bonchev–Trinajstić information content (AvgIpc) is 2.77. The van der Waals surface area contributed by atoms with E-state index in [4.69, 9.17) is 4.74 Å². The first-order chi connectivity index (χ1) is 14.9. The van der Waals surface area contributed by atoms with Crippen molar-refractivity contribution in [2.45, 2.75) is 6.92 Å². The van der Waals surface area contributed by atoms with Crippen LogP contribution < -0.4 is 19.9 Å². The zero-order valence-corrected chi connectivity index (χ0v) is 16.9. The van der Waals surface area contributed by atoms with Crippen molar-refractivity contribution in [1.82, 2.24) is 5.32 Å². The third kappa shape index (κ3) is 5.05. The Morgan fingerprint density at radius 2 is 1.61 bits per heavy atom. The molecule has 3 aromatic rings. The molecule has 0 saturated heterocycles. The normalized spacial score (nSPS) is 10.2. The lowest BCUT2D eigenvalue weighted by atomic mass is 10.2. The molecule has 8 heteroatoms. The summed E-state index contributed by atoms with van der Waals surface area (Å²) in [6.07, 6.45) is 0.173. The second kappa shape index (κ2) is 9.53. The molecule has 0 spiro atoms. The lowest BCUT2D eigenvalue weighted by Gasteiger charge is -2.26. The average molecular weight is 421 g/mol. The SMILES string of the molecule is Cc1cc(N(C)C(=O)N(C(=O)NC=O)c2ccc(F)cc2)ccc1Oc1ccccc1. The molecule has 0 saturated carbocycles. The molecule has 0 atom stereocenters. The molecule has 0 aromatic heterocycles. The van der Waals surface area contributed by atoms with Crippen LogP contribution in [0.3, 0.4) is 0 Å². The zero-order chi connectivity index (χ0) is 22.4. The van der Waals surface area contributed by atoms with Crippen molar-refractivity contribution in [3.63, 3.8) is 0 Å². The second-order valence-electron chi connectivity index (χ2n) is 6.59. The van der Waals surface area contributed by atoms with Gasteiger partial charge in [0.15, 0.2) is 0 Å². The summed E-state index contributed by atoms with van der Waals surface area (Å²) >= 11 is 0. The number of carbonyl (C=O) groups excluding carboxylic acids is 3. The highest BCUT2D eigenvalue weighted by molar-refractivity contribution is 6.20. The molecule has 3 rings (SSSR count).